The van der Waals surface area contributed by atoms with Crippen LogP contribution >= 0.6 is 11.8 Å². The van der Waals surface area contributed by atoms with Gasteiger partial charge in [0.2, 0.25) is 0 Å². The van der Waals surface area contributed by atoms with E-state index in [-0.39, 0.29) is 0 Å². The van der Waals surface area contributed by atoms with Gasteiger partial charge in [-0.05, 0) is 18.4 Å². The molecule has 2 nitrogen and oxygen atoms in total. The predicted octanol–water partition coefficient (Wildman–Crippen LogP) is 3.31. The summed E-state index contributed by atoms with van der Waals surface area (Å²) in [5.74, 6) is 0. The molecule has 86 valence electrons. The van der Waals surface area contributed by atoms with Crippen LogP contribution in [0.15, 0.2) is 23.4 Å². The van der Waals surface area contributed by atoms with Crippen LogP contribution in [0.5, 0.6) is 0 Å². The second kappa shape index (κ2) is 3.69. The molecular formula is C10H9F3N2S. The van der Waals surface area contributed by atoms with Gasteiger partial charge in [-0.25, -0.2) is 4.98 Å². The first-order valence-corrected chi connectivity index (χ1v) is 5.72. The number of aryl methyl sites for hydroxylation is 1. The second-order valence-corrected chi connectivity index (χ2v) is 4.25. The Morgan fingerprint density at radius 1 is 1.31 bits per heavy atom. The Hall–Kier alpha value is -1.17. The van der Waals surface area contributed by atoms with Crippen molar-refractivity contribution in [2.45, 2.75) is 11.1 Å². The quantitative estimate of drug-likeness (QED) is 0.718. The van der Waals surface area contributed by atoms with Crippen LogP contribution in [0, 0.1) is 0 Å². The number of hydrogen-bond donors (Lipinski definition) is 0. The van der Waals surface area contributed by atoms with E-state index in [0.29, 0.717) is 10.4 Å². The van der Waals surface area contributed by atoms with Crippen molar-refractivity contribution in [1.82, 2.24) is 9.55 Å². The first-order chi connectivity index (χ1) is 7.43. The zero-order chi connectivity index (χ0) is 11.9. The fourth-order valence-corrected chi connectivity index (χ4v) is 2.26. The molecule has 16 heavy (non-hydrogen) atoms. The first-order valence-electron chi connectivity index (χ1n) is 4.49. The molecule has 1 aromatic heterocycles. The minimum atomic E-state index is -4.32. The largest absolute Gasteiger partial charge is 0.416 e. The summed E-state index contributed by atoms with van der Waals surface area (Å²) in [6.07, 6.45) is -1.05. The van der Waals surface area contributed by atoms with Gasteiger partial charge in [0, 0.05) is 11.9 Å². The van der Waals surface area contributed by atoms with Crippen LogP contribution in [0.4, 0.5) is 13.2 Å². The summed E-state index contributed by atoms with van der Waals surface area (Å²) in [5, 5.41) is 0. The van der Waals surface area contributed by atoms with Crippen molar-refractivity contribution >= 4 is 22.8 Å². The smallest absolute Gasteiger partial charge is 0.333 e. The van der Waals surface area contributed by atoms with Gasteiger partial charge in [0.1, 0.15) is 0 Å². The number of halogens is 3. The third-order valence-electron chi connectivity index (χ3n) is 2.32. The van der Waals surface area contributed by atoms with Crippen molar-refractivity contribution in [3.8, 4) is 0 Å². The summed E-state index contributed by atoms with van der Waals surface area (Å²) >= 11 is 1.29. The maximum absolute atomic E-state index is 12.6. The fraction of sp³-hybridized carbons (Fsp3) is 0.300. The Bertz CT molecular complexity index is 531. The van der Waals surface area contributed by atoms with Gasteiger partial charge >= 0.3 is 6.18 Å². The van der Waals surface area contributed by atoms with Crippen LogP contribution in [-0.2, 0) is 13.2 Å². The lowest BCUT2D eigenvalue weighted by Crippen LogP contribution is -2.05. The number of hydrogen-bond acceptors (Lipinski definition) is 2. The average molecular weight is 246 g/mol. The summed E-state index contributed by atoms with van der Waals surface area (Å²) < 4.78 is 39.5. The Morgan fingerprint density at radius 3 is 2.56 bits per heavy atom. The summed E-state index contributed by atoms with van der Waals surface area (Å²) in [7, 11) is 1.77. The van der Waals surface area contributed by atoms with E-state index in [4.69, 9.17) is 0 Å². The number of nitrogens with zero attached hydrogens (tertiary/aromatic N) is 2. The molecule has 2 rings (SSSR count). The van der Waals surface area contributed by atoms with Gasteiger partial charge in [0.25, 0.3) is 0 Å². The number of alkyl halides is 3. The van der Waals surface area contributed by atoms with Gasteiger partial charge in [0.15, 0.2) is 0 Å². The minimum Gasteiger partial charge on any atom is -0.333 e. The highest BCUT2D eigenvalue weighted by Crippen LogP contribution is 2.35. The highest BCUT2D eigenvalue weighted by molar-refractivity contribution is 7.98. The van der Waals surface area contributed by atoms with E-state index in [9.17, 15) is 13.2 Å². The van der Waals surface area contributed by atoms with Crippen LogP contribution in [-0.4, -0.2) is 15.8 Å². The standard InChI is InChI=1S/C10H9F3N2S/c1-15-5-14-7-3-6(10(11,12)13)4-8(16-2)9(7)15/h3-5H,1-2H3. The van der Waals surface area contributed by atoms with Crippen LogP contribution in [0.2, 0.25) is 0 Å². The van der Waals surface area contributed by atoms with E-state index < -0.39 is 11.7 Å². The molecular weight excluding hydrogens is 237 g/mol. The van der Waals surface area contributed by atoms with Crippen molar-refractivity contribution in [2.24, 2.45) is 7.05 Å². The van der Waals surface area contributed by atoms with Gasteiger partial charge in [0.05, 0.1) is 22.9 Å². The van der Waals surface area contributed by atoms with E-state index in [1.54, 1.807) is 17.9 Å². The van der Waals surface area contributed by atoms with E-state index in [2.05, 4.69) is 4.98 Å². The molecule has 0 fully saturated rings. The summed E-state index contributed by atoms with van der Waals surface area (Å²) in [6.45, 7) is 0. The van der Waals surface area contributed by atoms with Gasteiger partial charge in [-0.2, -0.15) is 13.2 Å². The molecule has 6 heteroatoms. The highest BCUT2D eigenvalue weighted by atomic mass is 32.2. The lowest BCUT2D eigenvalue weighted by atomic mass is 10.2. The second-order valence-electron chi connectivity index (χ2n) is 3.40. The van der Waals surface area contributed by atoms with Gasteiger partial charge in [-0.1, -0.05) is 0 Å². The molecule has 0 aliphatic heterocycles. The number of benzene rings is 1. The molecule has 0 atom stereocenters. The molecule has 0 saturated heterocycles. The van der Waals surface area contributed by atoms with Crippen molar-refractivity contribution in [1.29, 1.82) is 0 Å². The average Bonchev–Trinajstić information content (AvgIpc) is 2.58. The molecule has 0 saturated carbocycles. The molecule has 0 N–H and O–H groups in total. The molecule has 0 amide bonds. The van der Waals surface area contributed by atoms with Crippen LogP contribution in [0.3, 0.4) is 0 Å². The first kappa shape index (κ1) is 11.3. The molecule has 2 aromatic rings. The summed E-state index contributed by atoms with van der Waals surface area (Å²) in [6, 6.07) is 2.24. The van der Waals surface area contributed by atoms with E-state index in [1.807, 2.05) is 0 Å². The maximum atomic E-state index is 12.6. The van der Waals surface area contributed by atoms with E-state index in [1.165, 1.54) is 18.1 Å². The Morgan fingerprint density at radius 2 is 2.00 bits per heavy atom. The van der Waals surface area contributed by atoms with E-state index >= 15 is 0 Å². The van der Waals surface area contributed by atoms with Crippen molar-refractivity contribution < 1.29 is 13.2 Å². The van der Waals surface area contributed by atoms with Crippen molar-refractivity contribution in [3.63, 3.8) is 0 Å². The third kappa shape index (κ3) is 1.77. The van der Waals surface area contributed by atoms with Gasteiger partial charge in [-0.15, -0.1) is 11.8 Å². The number of rotatable bonds is 1. The van der Waals surface area contributed by atoms with E-state index in [0.717, 1.165) is 17.6 Å². The Kier molecular flexibility index (Phi) is 2.61. The Labute approximate surface area is 94.5 Å². The molecule has 0 bridgehead atoms. The van der Waals surface area contributed by atoms with Crippen molar-refractivity contribution in [2.75, 3.05) is 6.26 Å². The fourth-order valence-electron chi connectivity index (χ4n) is 1.57. The lowest BCUT2D eigenvalue weighted by Gasteiger charge is -2.09. The van der Waals surface area contributed by atoms with Crippen molar-refractivity contribution in [3.05, 3.63) is 24.0 Å². The molecule has 1 aromatic carbocycles. The lowest BCUT2D eigenvalue weighted by molar-refractivity contribution is -0.137. The SMILES string of the molecule is CSc1cc(C(F)(F)F)cc2ncn(C)c12. The minimum absolute atomic E-state index is 0.377. The molecule has 0 aliphatic rings. The summed E-state index contributed by atoms with van der Waals surface area (Å²) in [5.41, 5.74) is 0.463. The normalized spacial score (nSPS) is 12.3. The van der Waals surface area contributed by atoms with Crippen LogP contribution < -0.4 is 0 Å². The maximum Gasteiger partial charge on any atom is 0.416 e. The molecule has 0 radical (unpaired) electrons. The molecule has 0 spiro atoms. The number of thioether (sulfide) groups is 1. The van der Waals surface area contributed by atoms with Gasteiger partial charge < -0.3 is 4.57 Å². The molecule has 1 heterocycles. The molecule has 0 unspecified atom stereocenters. The monoisotopic (exact) mass is 246 g/mol. The summed E-state index contributed by atoms with van der Waals surface area (Å²) in [4.78, 5) is 4.54. The van der Waals surface area contributed by atoms with Crippen LogP contribution in [0.1, 0.15) is 5.56 Å². The third-order valence-corrected chi connectivity index (χ3v) is 3.08. The molecule has 0 aliphatic carbocycles. The number of imidazole rings is 1. The van der Waals surface area contributed by atoms with Gasteiger partial charge in [-0.3, -0.25) is 0 Å². The topological polar surface area (TPSA) is 17.8 Å². The zero-order valence-corrected chi connectivity index (χ0v) is 9.49. The number of aromatic nitrogens is 2. The predicted molar refractivity (Wildman–Crippen MR) is 57.5 cm³/mol. The van der Waals surface area contributed by atoms with Crippen LogP contribution in [0.25, 0.3) is 11.0 Å². The number of fused-ring (bicyclic) bond motifs is 1. The zero-order valence-electron chi connectivity index (χ0n) is 8.67. The Balaban J connectivity index is 2.75. The highest BCUT2D eigenvalue weighted by Gasteiger charge is 2.31.